The second-order valence-corrected chi connectivity index (χ2v) is 7.46. The van der Waals surface area contributed by atoms with Crippen LogP contribution in [0.1, 0.15) is 29.5 Å². The number of likely N-dealkylation sites (tertiary alicyclic amines) is 1. The van der Waals surface area contributed by atoms with Gasteiger partial charge in [-0.3, -0.25) is 4.98 Å². The summed E-state index contributed by atoms with van der Waals surface area (Å²) in [7, 11) is 0. The van der Waals surface area contributed by atoms with E-state index in [0.717, 1.165) is 44.0 Å². The highest BCUT2D eigenvalue weighted by Crippen LogP contribution is 2.37. The molecule has 3 heterocycles. The summed E-state index contributed by atoms with van der Waals surface area (Å²) in [4.78, 5) is 6.76. The lowest BCUT2D eigenvalue weighted by Crippen LogP contribution is -2.54. The van der Waals surface area contributed by atoms with E-state index in [2.05, 4.69) is 39.5 Å². The topological polar surface area (TPSA) is 28.2 Å². The second-order valence-electron chi connectivity index (χ2n) is 7.02. The van der Waals surface area contributed by atoms with Crippen LogP contribution in [0.3, 0.4) is 0 Å². The van der Waals surface area contributed by atoms with Crippen LogP contribution in [-0.4, -0.2) is 36.1 Å². The van der Waals surface area contributed by atoms with Crippen molar-refractivity contribution in [1.29, 1.82) is 0 Å². The van der Waals surface area contributed by atoms with Gasteiger partial charge in [0.2, 0.25) is 0 Å². The van der Waals surface area contributed by atoms with Crippen LogP contribution in [0.25, 0.3) is 0 Å². The van der Waals surface area contributed by atoms with Gasteiger partial charge in [-0.05, 0) is 48.4 Å². The van der Waals surface area contributed by atoms with E-state index in [0.29, 0.717) is 0 Å². The predicted molar refractivity (Wildman–Crippen MR) is 98.5 cm³/mol. The summed E-state index contributed by atoms with van der Waals surface area (Å²) >= 11 is 6.03. The first-order valence-corrected chi connectivity index (χ1v) is 9.28. The van der Waals surface area contributed by atoms with Gasteiger partial charge < -0.3 is 10.2 Å². The third-order valence-electron chi connectivity index (χ3n) is 5.58. The Morgan fingerprint density at radius 1 is 1.17 bits per heavy atom. The maximum absolute atomic E-state index is 6.03. The molecule has 1 N–H and O–H groups in total. The highest BCUT2D eigenvalue weighted by atomic mass is 35.5. The molecule has 2 aliphatic rings. The molecule has 126 valence electrons. The van der Waals surface area contributed by atoms with Gasteiger partial charge in [-0.1, -0.05) is 35.9 Å². The van der Waals surface area contributed by atoms with Gasteiger partial charge in [-0.25, -0.2) is 0 Å². The maximum atomic E-state index is 6.03. The zero-order valence-electron chi connectivity index (χ0n) is 14.0. The summed E-state index contributed by atoms with van der Waals surface area (Å²) in [6, 6.07) is 11.0. The molecule has 0 amide bonds. The Kier molecular flexibility index (Phi) is 4.57. The third-order valence-corrected chi connectivity index (χ3v) is 5.79. The molecular weight excluding hydrogens is 318 g/mol. The standard InChI is InChI=1S/C20H24ClN3/c21-18-13-16(14-22-15-18)6-10-24-11-7-20(8-12-24)19-4-2-1-3-17(19)5-9-23-20/h1-4,13-15,23H,5-12H2. The summed E-state index contributed by atoms with van der Waals surface area (Å²) in [5.41, 5.74) is 4.50. The van der Waals surface area contributed by atoms with Gasteiger partial charge in [0.15, 0.2) is 0 Å². The Labute approximate surface area is 149 Å². The quantitative estimate of drug-likeness (QED) is 0.927. The van der Waals surface area contributed by atoms with Crippen molar-refractivity contribution in [1.82, 2.24) is 15.2 Å². The number of nitrogens with zero attached hydrogens (tertiary/aromatic N) is 2. The van der Waals surface area contributed by atoms with E-state index in [4.69, 9.17) is 11.6 Å². The molecule has 0 saturated carbocycles. The molecular formula is C20H24ClN3. The zero-order chi connectivity index (χ0) is 16.4. The van der Waals surface area contributed by atoms with Crippen molar-refractivity contribution >= 4 is 11.6 Å². The van der Waals surface area contributed by atoms with E-state index in [1.807, 2.05) is 12.3 Å². The number of rotatable bonds is 3. The zero-order valence-corrected chi connectivity index (χ0v) is 14.7. The van der Waals surface area contributed by atoms with Crippen molar-refractivity contribution < 1.29 is 0 Å². The fourth-order valence-electron chi connectivity index (χ4n) is 4.22. The van der Waals surface area contributed by atoms with Crippen molar-refractivity contribution in [3.8, 4) is 0 Å². The number of pyridine rings is 1. The van der Waals surface area contributed by atoms with Crippen molar-refractivity contribution in [2.75, 3.05) is 26.2 Å². The van der Waals surface area contributed by atoms with E-state index in [9.17, 15) is 0 Å². The smallest absolute Gasteiger partial charge is 0.0592 e. The number of fused-ring (bicyclic) bond motifs is 2. The van der Waals surface area contributed by atoms with E-state index >= 15 is 0 Å². The molecule has 4 heteroatoms. The van der Waals surface area contributed by atoms with Crippen LogP contribution in [0.15, 0.2) is 42.7 Å². The molecule has 0 atom stereocenters. The number of aromatic nitrogens is 1. The lowest BCUT2D eigenvalue weighted by molar-refractivity contribution is 0.130. The Morgan fingerprint density at radius 2 is 2.00 bits per heavy atom. The van der Waals surface area contributed by atoms with E-state index in [1.54, 1.807) is 6.20 Å². The van der Waals surface area contributed by atoms with Gasteiger partial charge in [0.25, 0.3) is 0 Å². The van der Waals surface area contributed by atoms with E-state index in [-0.39, 0.29) is 5.54 Å². The van der Waals surface area contributed by atoms with Crippen molar-refractivity contribution in [3.63, 3.8) is 0 Å². The second kappa shape index (κ2) is 6.83. The van der Waals surface area contributed by atoms with Crippen LogP contribution < -0.4 is 5.32 Å². The first kappa shape index (κ1) is 16.1. The first-order chi connectivity index (χ1) is 11.8. The average molecular weight is 342 g/mol. The molecule has 0 unspecified atom stereocenters. The van der Waals surface area contributed by atoms with Crippen molar-refractivity contribution in [2.45, 2.75) is 31.2 Å². The predicted octanol–water partition coefficient (Wildman–Crippen LogP) is 3.41. The molecule has 2 aromatic rings. The lowest BCUT2D eigenvalue weighted by Gasteiger charge is -2.46. The first-order valence-electron chi connectivity index (χ1n) is 8.90. The van der Waals surface area contributed by atoms with Crippen molar-refractivity contribution in [3.05, 3.63) is 64.4 Å². The lowest BCUT2D eigenvalue weighted by atomic mass is 9.76. The van der Waals surface area contributed by atoms with Crippen LogP contribution in [0, 0.1) is 0 Å². The van der Waals surface area contributed by atoms with Gasteiger partial charge in [-0.2, -0.15) is 0 Å². The number of hydrogen-bond acceptors (Lipinski definition) is 3. The summed E-state index contributed by atoms with van der Waals surface area (Å²) in [6.07, 6.45) is 8.18. The molecule has 1 fully saturated rings. The number of benzene rings is 1. The summed E-state index contributed by atoms with van der Waals surface area (Å²) < 4.78 is 0. The monoisotopic (exact) mass is 341 g/mol. The Morgan fingerprint density at radius 3 is 2.83 bits per heavy atom. The molecule has 3 nitrogen and oxygen atoms in total. The van der Waals surface area contributed by atoms with Crippen LogP contribution in [-0.2, 0) is 18.4 Å². The molecule has 1 aromatic heterocycles. The highest BCUT2D eigenvalue weighted by Gasteiger charge is 2.38. The largest absolute Gasteiger partial charge is 0.307 e. The molecule has 24 heavy (non-hydrogen) atoms. The number of halogens is 1. The number of hydrogen-bond donors (Lipinski definition) is 1. The fourth-order valence-corrected chi connectivity index (χ4v) is 4.42. The third kappa shape index (κ3) is 3.21. The molecule has 1 saturated heterocycles. The SMILES string of the molecule is Clc1cncc(CCN2CCC3(CC2)NCCc2ccccc23)c1. The minimum atomic E-state index is 0.197. The highest BCUT2D eigenvalue weighted by molar-refractivity contribution is 6.30. The average Bonchev–Trinajstić information content (AvgIpc) is 2.62. The van der Waals surface area contributed by atoms with Crippen LogP contribution in [0.2, 0.25) is 5.02 Å². The van der Waals surface area contributed by atoms with E-state index < -0.39 is 0 Å². The maximum Gasteiger partial charge on any atom is 0.0592 e. The van der Waals surface area contributed by atoms with Crippen LogP contribution in [0.5, 0.6) is 0 Å². The summed E-state index contributed by atoms with van der Waals surface area (Å²) in [5, 5.41) is 4.57. The molecule has 0 aliphatic carbocycles. The van der Waals surface area contributed by atoms with Crippen LogP contribution >= 0.6 is 11.6 Å². The normalized spacial score (nSPS) is 20.0. The number of piperidine rings is 1. The fraction of sp³-hybridized carbons (Fsp3) is 0.450. The van der Waals surface area contributed by atoms with Crippen molar-refractivity contribution in [2.24, 2.45) is 0 Å². The Bertz CT molecular complexity index is 708. The molecule has 0 radical (unpaired) electrons. The molecule has 1 aromatic carbocycles. The van der Waals surface area contributed by atoms with Gasteiger partial charge in [0, 0.05) is 44.1 Å². The minimum absolute atomic E-state index is 0.197. The molecule has 4 rings (SSSR count). The van der Waals surface area contributed by atoms with E-state index in [1.165, 1.54) is 29.5 Å². The summed E-state index contributed by atoms with van der Waals surface area (Å²) in [6.45, 7) is 4.48. The minimum Gasteiger partial charge on any atom is -0.307 e. The van der Waals surface area contributed by atoms with Gasteiger partial charge in [-0.15, -0.1) is 0 Å². The van der Waals surface area contributed by atoms with Gasteiger partial charge in [0.1, 0.15) is 0 Å². The molecule has 0 bridgehead atoms. The Balaban J connectivity index is 1.39. The Hall–Kier alpha value is -1.42. The summed E-state index contributed by atoms with van der Waals surface area (Å²) in [5.74, 6) is 0. The van der Waals surface area contributed by atoms with Crippen LogP contribution in [0.4, 0.5) is 0 Å². The van der Waals surface area contributed by atoms with Gasteiger partial charge >= 0.3 is 0 Å². The molecule has 2 aliphatic heterocycles. The molecule has 1 spiro atoms. The van der Waals surface area contributed by atoms with Gasteiger partial charge in [0.05, 0.1) is 5.02 Å². The number of nitrogens with one attached hydrogen (secondary N) is 1.